The highest BCUT2D eigenvalue weighted by molar-refractivity contribution is 6.31. The number of halogens is 1. The molecule has 8 heteroatoms. The molecule has 30 heavy (non-hydrogen) atoms. The number of aliphatic hydroxyl groups is 4. The SMILES string of the molecule is CCO[C@H]1[C@H](O)[C@@H](O)[C@](O)(c2ccc(Cl)c(Cc3ccc(OC)cc3)c2)O[C@@H]1CO. The van der Waals surface area contributed by atoms with Crippen LogP contribution in [0.25, 0.3) is 0 Å². The first-order valence-electron chi connectivity index (χ1n) is 9.74. The third kappa shape index (κ3) is 4.48. The molecular weight excluding hydrogens is 412 g/mol. The zero-order valence-corrected chi connectivity index (χ0v) is 17.6. The van der Waals surface area contributed by atoms with E-state index in [2.05, 4.69) is 0 Å². The molecule has 164 valence electrons. The van der Waals surface area contributed by atoms with Crippen LogP contribution in [0, 0.1) is 0 Å². The van der Waals surface area contributed by atoms with Crippen LogP contribution in [-0.2, 0) is 21.7 Å². The molecule has 1 saturated heterocycles. The maximum Gasteiger partial charge on any atom is 0.222 e. The van der Waals surface area contributed by atoms with Gasteiger partial charge in [0, 0.05) is 17.2 Å². The molecule has 5 atom stereocenters. The van der Waals surface area contributed by atoms with Gasteiger partial charge in [0.05, 0.1) is 13.7 Å². The molecular formula is C22H27ClO7. The Balaban J connectivity index is 1.91. The van der Waals surface area contributed by atoms with Crippen molar-refractivity contribution in [1.82, 2.24) is 0 Å². The third-order valence-electron chi connectivity index (χ3n) is 5.31. The van der Waals surface area contributed by atoms with Gasteiger partial charge in [-0.2, -0.15) is 0 Å². The summed E-state index contributed by atoms with van der Waals surface area (Å²) in [4.78, 5) is 0. The number of hydrogen-bond donors (Lipinski definition) is 4. The van der Waals surface area contributed by atoms with E-state index in [1.807, 2.05) is 24.3 Å². The lowest BCUT2D eigenvalue weighted by molar-refractivity contribution is -0.361. The molecule has 4 N–H and O–H groups in total. The average Bonchev–Trinajstić information content (AvgIpc) is 2.76. The van der Waals surface area contributed by atoms with E-state index < -0.39 is 36.8 Å². The minimum Gasteiger partial charge on any atom is -0.497 e. The lowest BCUT2D eigenvalue weighted by Gasteiger charge is -2.47. The number of methoxy groups -OCH3 is 1. The van der Waals surface area contributed by atoms with Gasteiger partial charge >= 0.3 is 0 Å². The van der Waals surface area contributed by atoms with Gasteiger partial charge in [-0.25, -0.2) is 0 Å². The van der Waals surface area contributed by atoms with E-state index >= 15 is 0 Å². The predicted octanol–water partition coefficient (Wildman–Crippen LogP) is 1.60. The highest BCUT2D eigenvalue weighted by Gasteiger charge is 2.54. The molecule has 0 spiro atoms. The van der Waals surface area contributed by atoms with Gasteiger partial charge in [-0.1, -0.05) is 29.8 Å². The van der Waals surface area contributed by atoms with E-state index in [1.165, 1.54) is 6.07 Å². The van der Waals surface area contributed by atoms with Crippen LogP contribution in [0.3, 0.4) is 0 Å². The molecule has 0 aromatic heterocycles. The molecule has 1 fully saturated rings. The van der Waals surface area contributed by atoms with E-state index in [4.69, 9.17) is 25.8 Å². The summed E-state index contributed by atoms with van der Waals surface area (Å²) in [6.07, 6.45) is -4.67. The first-order chi connectivity index (χ1) is 14.3. The van der Waals surface area contributed by atoms with Crippen LogP contribution in [0.15, 0.2) is 42.5 Å². The lowest BCUT2D eigenvalue weighted by atomic mass is 9.87. The van der Waals surface area contributed by atoms with Gasteiger partial charge in [-0.3, -0.25) is 0 Å². The van der Waals surface area contributed by atoms with Gasteiger partial charge in [0.25, 0.3) is 0 Å². The van der Waals surface area contributed by atoms with Gasteiger partial charge in [-0.05, 0) is 48.7 Å². The fourth-order valence-corrected chi connectivity index (χ4v) is 3.86. The van der Waals surface area contributed by atoms with Crippen molar-refractivity contribution >= 4 is 11.6 Å². The van der Waals surface area contributed by atoms with Crippen molar-refractivity contribution in [3.05, 3.63) is 64.2 Å². The normalized spacial score (nSPS) is 29.0. The summed E-state index contributed by atoms with van der Waals surface area (Å²) < 4.78 is 16.2. The summed E-state index contributed by atoms with van der Waals surface area (Å²) >= 11 is 6.36. The molecule has 0 amide bonds. The van der Waals surface area contributed by atoms with Crippen LogP contribution >= 0.6 is 11.6 Å². The summed E-state index contributed by atoms with van der Waals surface area (Å²) in [5.74, 6) is -1.50. The van der Waals surface area contributed by atoms with Crippen molar-refractivity contribution in [1.29, 1.82) is 0 Å². The monoisotopic (exact) mass is 438 g/mol. The summed E-state index contributed by atoms with van der Waals surface area (Å²) in [7, 11) is 1.59. The Morgan fingerprint density at radius 1 is 1.13 bits per heavy atom. The van der Waals surface area contributed by atoms with Crippen LogP contribution in [-0.4, -0.2) is 65.2 Å². The van der Waals surface area contributed by atoms with Crippen molar-refractivity contribution in [2.45, 2.75) is 43.5 Å². The molecule has 1 aliphatic heterocycles. The highest BCUT2D eigenvalue weighted by Crippen LogP contribution is 2.38. The Morgan fingerprint density at radius 3 is 2.43 bits per heavy atom. The van der Waals surface area contributed by atoms with Gasteiger partial charge in [0.2, 0.25) is 5.79 Å². The van der Waals surface area contributed by atoms with Crippen LogP contribution < -0.4 is 4.74 Å². The maximum atomic E-state index is 11.2. The summed E-state index contributed by atoms with van der Waals surface area (Å²) in [6, 6.07) is 12.2. The topological polar surface area (TPSA) is 109 Å². The van der Waals surface area contributed by atoms with E-state index in [1.54, 1.807) is 26.2 Å². The number of rotatable bonds is 7. The summed E-state index contributed by atoms with van der Waals surface area (Å²) in [5.41, 5.74) is 1.89. The Hall–Kier alpha value is -1.71. The van der Waals surface area contributed by atoms with E-state index in [-0.39, 0.29) is 12.2 Å². The van der Waals surface area contributed by atoms with E-state index in [0.29, 0.717) is 17.0 Å². The lowest BCUT2D eigenvalue weighted by Crippen LogP contribution is -2.64. The molecule has 7 nitrogen and oxygen atoms in total. The smallest absolute Gasteiger partial charge is 0.222 e. The molecule has 1 heterocycles. The fourth-order valence-electron chi connectivity index (χ4n) is 3.67. The van der Waals surface area contributed by atoms with Gasteiger partial charge in [0.1, 0.15) is 30.2 Å². The van der Waals surface area contributed by atoms with Crippen molar-refractivity contribution < 1.29 is 34.6 Å². The Bertz CT molecular complexity index is 842. The Labute approximate surface area is 180 Å². The number of hydrogen-bond acceptors (Lipinski definition) is 7. The zero-order chi connectivity index (χ0) is 21.9. The molecule has 0 saturated carbocycles. The molecule has 2 aromatic rings. The molecule has 0 unspecified atom stereocenters. The number of benzene rings is 2. The van der Waals surface area contributed by atoms with Crippen molar-refractivity contribution in [3.63, 3.8) is 0 Å². The van der Waals surface area contributed by atoms with Crippen molar-refractivity contribution in [2.24, 2.45) is 0 Å². The molecule has 0 radical (unpaired) electrons. The summed E-state index contributed by atoms with van der Waals surface area (Å²) in [5, 5.41) is 42.5. The molecule has 0 bridgehead atoms. The van der Waals surface area contributed by atoms with Gasteiger partial charge in [-0.15, -0.1) is 0 Å². The van der Waals surface area contributed by atoms with Crippen molar-refractivity contribution in [3.8, 4) is 5.75 Å². The van der Waals surface area contributed by atoms with Gasteiger partial charge < -0.3 is 34.6 Å². The highest BCUT2D eigenvalue weighted by atomic mass is 35.5. The molecule has 3 rings (SSSR count). The first-order valence-corrected chi connectivity index (χ1v) is 10.1. The predicted molar refractivity (Wildman–Crippen MR) is 111 cm³/mol. The minimum atomic E-state index is -2.24. The van der Waals surface area contributed by atoms with Gasteiger partial charge in [0.15, 0.2) is 0 Å². The second kappa shape index (κ2) is 9.62. The standard InChI is InChI=1S/C22H27ClO7/c1-3-29-20-18(12-24)30-22(27,21(26)19(20)25)15-6-9-17(23)14(11-15)10-13-4-7-16(28-2)8-5-13/h4-9,11,18-21,24-27H,3,10,12H2,1-2H3/t18-,19+,20-,21-,22+/m1/s1. The largest absolute Gasteiger partial charge is 0.497 e. The van der Waals surface area contributed by atoms with Crippen LogP contribution in [0.2, 0.25) is 5.02 Å². The number of aliphatic hydroxyl groups excluding tert-OH is 3. The molecule has 2 aromatic carbocycles. The van der Waals surface area contributed by atoms with E-state index in [0.717, 1.165) is 11.3 Å². The van der Waals surface area contributed by atoms with Crippen LogP contribution in [0.4, 0.5) is 0 Å². The Morgan fingerprint density at radius 2 is 1.83 bits per heavy atom. The fraction of sp³-hybridized carbons (Fsp3) is 0.455. The van der Waals surface area contributed by atoms with Crippen LogP contribution in [0.5, 0.6) is 5.75 Å². The maximum absolute atomic E-state index is 11.2. The second-order valence-corrected chi connectivity index (χ2v) is 7.63. The van der Waals surface area contributed by atoms with Crippen molar-refractivity contribution in [2.75, 3.05) is 20.3 Å². The zero-order valence-electron chi connectivity index (χ0n) is 16.9. The third-order valence-corrected chi connectivity index (χ3v) is 5.68. The minimum absolute atomic E-state index is 0.218. The van der Waals surface area contributed by atoms with Crippen LogP contribution in [0.1, 0.15) is 23.6 Å². The average molecular weight is 439 g/mol. The van der Waals surface area contributed by atoms with E-state index in [9.17, 15) is 20.4 Å². The quantitative estimate of drug-likeness (QED) is 0.520. The summed E-state index contributed by atoms with van der Waals surface area (Å²) in [6.45, 7) is 1.47. The first kappa shape index (κ1) is 23.0. The molecule has 1 aliphatic rings. The Kier molecular flexibility index (Phi) is 7.36. The number of ether oxygens (including phenoxy) is 3. The molecule has 0 aliphatic carbocycles. The second-order valence-electron chi connectivity index (χ2n) is 7.22.